The molecule has 5 nitrogen and oxygen atoms in total. The Morgan fingerprint density at radius 2 is 1.15 bits per heavy atom. The summed E-state index contributed by atoms with van der Waals surface area (Å²) in [6.45, 7) is 4.00. The van der Waals surface area contributed by atoms with Gasteiger partial charge < -0.3 is 14.1 Å². The van der Waals surface area contributed by atoms with Crippen LogP contribution in [0.15, 0.2) is 214 Å². The van der Waals surface area contributed by atoms with Crippen molar-refractivity contribution in [3.05, 3.63) is 205 Å². The van der Waals surface area contributed by atoms with E-state index in [1.165, 1.54) is 48.2 Å². The number of rotatable bonds is 6. The van der Waals surface area contributed by atoms with Crippen LogP contribution in [0.5, 0.6) is 0 Å². The van der Waals surface area contributed by atoms with E-state index >= 15 is 0 Å². The van der Waals surface area contributed by atoms with Crippen LogP contribution < -0.4 is 0 Å². The number of aromatic nitrogens is 3. The van der Waals surface area contributed by atoms with Crippen molar-refractivity contribution in [3.8, 4) is 23.5 Å². The van der Waals surface area contributed by atoms with Crippen LogP contribution in [0.2, 0.25) is 0 Å². The Kier molecular flexibility index (Phi) is 12.2. The van der Waals surface area contributed by atoms with Crippen molar-refractivity contribution in [2.45, 2.75) is 48.2 Å². The number of nitrogens with zero attached hydrogens (tertiary/aromatic N) is 4. The fraction of sp³-hybridized carbons (Fsp3) is 0.119. The number of nitrogens with one attached hydrogen (secondary N) is 1. The molecule has 66 heavy (non-hydrogen) atoms. The molecule has 2 atom stereocenters. The summed E-state index contributed by atoms with van der Waals surface area (Å²) in [5, 5.41) is 27.0. The van der Waals surface area contributed by atoms with Gasteiger partial charge in [0.15, 0.2) is 0 Å². The molecule has 0 saturated carbocycles. The van der Waals surface area contributed by atoms with Crippen LogP contribution in [0.25, 0.3) is 76.8 Å². The summed E-state index contributed by atoms with van der Waals surface area (Å²) < 4.78 is 4.91. The van der Waals surface area contributed by atoms with Gasteiger partial charge >= 0.3 is 0 Å². The molecule has 10 aromatic rings. The minimum Gasteiger partial charge on any atom is -0.354 e. The Morgan fingerprint density at radius 1 is 0.591 bits per heavy atom. The first-order valence-electron chi connectivity index (χ1n) is 22.7. The van der Waals surface area contributed by atoms with E-state index in [2.05, 4.69) is 160 Å². The molecule has 2 aliphatic carbocycles. The quantitative estimate of drug-likeness (QED) is 0.169. The lowest BCUT2D eigenvalue weighted by Crippen LogP contribution is -2.11. The number of aromatic amines is 1. The predicted octanol–water partition coefficient (Wildman–Crippen LogP) is 16.6. The molecule has 0 amide bonds. The Labute approximate surface area is 393 Å². The van der Waals surface area contributed by atoms with E-state index < -0.39 is 0 Å². The summed E-state index contributed by atoms with van der Waals surface area (Å²) in [5.74, 6) is 0.0823. The molecule has 3 heterocycles. The number of nitriles is 2. The van der Waals surface area contributed by atoms with Crippen LogP contribution in [0.1, 0.15) is 33.1 Å². The van der Waals surface area contributed by atoms with Gasteiger partial charge in [-0.15, -0.1) is 11.8 Å². The molecule has 7 aromatic carbocycles. The second-order valence-electron chi connectivity index (χ2n) is 16.1. The lowest BCUT2D eigenvalue weighted by atomic mass is 9.96. The highest BCUT2D eigenvalue weighted by Crippen LogP contribution is 2.49. The lowest BCUT2D eigenvalue weighted by molar-refractivity contribution is 0.604. The number of hydrogen-bond donors (Lipinski definition) is 1. The van der Waals surface area contributed by atoms with Gasteiger partial charge in [-0.2, -0.15) is 10.5 Å². The highest BCUT2D eigenvalue weighted by Gasteiger charge is 2.27. The number of thioether (sulfide) groups is 2. The summed E-state index contributed by atoms with van der Waals surface area (Å²) in [5.41, 5.74) is 9.84. The van der Waals surface area contributed by atoms with Crippen LogP contribution in [-0.2, 0) is 0 Å². The maximum absolute atomic E-state index is 9.87. The molecule has 2 unspecified atom stereocenters. The number of hydrogen-bond acceptors (Lipinski definition) is 4. The topological polar surface area (TPSA) is 73.2 Å². The SMILES string of the molecule is CC.N#CC1=C(Sc2ccc(-n3c4ccccc4c4c5[nH]c6ccccc6c5c5c(c6ccccc6n5-c5ccc(SC6C=CCC(C#N)C6)cc5)c43)cc2)C=CC=CC1.c1ccccc1. The van der Waals surface area contributed by atoms with E-state index in [0.29, 0.717) is 11.7 Å². The zero-order chi connectivity index (χ0) is 45.0. The highest BCUT2D eigenvalue weighted by atomic mass is 32.2. The van der Waals surface area contributed by atoms with Crippen LogP contribution >= 0.6 is 23.5 Å². The minimum atomic E-state index is 0.0823. The Bertz CT molecular complexity index is 3580. The van der Waals surface area contributed by atoms with Crippen molar-refractivity contribution in [3.63, 3.8) is 0 Å². The summed E-state index contributed by atoms with van der Waals surface area (Å²) in [7, 11) is 0. The number of fused-ring (bicyclic) bond motifs is 12. The van der Waals surface area contributed by atoms with E-state index in [1.807, 2.05) is 86.3 Å². The van der Waals surface area contributed by atoms with Crippen molar-refractivity contribution in [1.29, 1.82) is 10.5 Å². The standard InChI is InChI=1S/C51H35N5S2.C6H6.C2H6/c52-30-32-11-10-13-38(29-32)57-36-25-21-34(22-26-36)56-44-19-9-6-16-41(44)48-50(56)46-39-14-4-7-17-42(39)54-49(46)47-40-15-5-8-18-43(40)55(51(47)48)35-23-27-37(28-24-35)58-45-20-3-1-2-12-33(45)31-53;1-2-4-6-5-3-1;1-2/h1-10,13-28,32,38,54H,11-12,29H2;1-6H;1-2H3. The molecule has 1 N–H and O–H groups in total. The zero-order valence-corrected chi connectivity index (χ0v) is 38.5. The van der Waals surface area contributed by atoms with Crippen LogP contribution in [0, 0.1) is 28.6 Å². The minimum absolute atomic E-state index is 0.0823. The fourth-order valence-corrected chi connectivity index (χ4v) is 11.5. The second kappa shape index (κ2) is 19.0. The van der Waals surface area contributed by atoms with Crippen LogP contribution in [0.4, 0.5) is 0 Å². The van der Waals surface area contributed by atoms with Gasteiger partial charge in [0.25, 0.3) is 0 Å². The average Bonchev–Trinajstić information content (AvgIpc) is 3.98. The molecular weight excluding hydrogens is 843 g/mol. The Hall–Kier alpha value is -7.42. The summed E-state index contributed by atoms with van der Waals surface area (Å²) >= 11 is 3.48. The highest BCUT2D eigenvalue weighted by molar-refractivity contribution is 8.03. The predicted molar refractivity (Wildman–Crippen MR) is 281 cm³/mol. The van der Waals surface area contributed by atoms with Gasteiger partial charge in [0.1, 0.15) is 0 Å². The Morgan fingerprint density at radius 3 is 1.77 bits per heavy atom. The molecule has 12 rings (SSSR count). The molecule has 3 aromatic heterocycles. The first kappa shape index (κ1) is 42.5. The summed E-state index contributed by atoms with van der Waals surface area (Å²) in [4.78, 5) is 7.19. The van der Waals surface area contributed by atoms with Gasteiger partial charge in [-0.05, 0) is 85.6 Å². The van der Waals surface area contributed by atoms with Gasteiger partial charge in [0, 0.05) is 81.1 Å². The van der Waals surface area contributed by atoms with E-state index in [1.54, 1.807) is 11.8 Å². The normalized spacial score (nSPS) is 15.7. The largest absolute Gasteiger partial charge is 0.354 e. The van der Waals surface area contributed by atoms with Crippen molar-refractivity contribution >= 4 is 88.9 Å². The smallest absolute Gasteiger partial charge is 0.0962 e. The third-order valence-corrected chi connectivity index (χ3v) is 14.6. The number of para-hydroxylation sites is 3. The van der Waals surface area contributed by atoms with E-state index in [4.69, 9.17) is 0 Å². The molecule has 0 spiro atoms. The first-order valence-corrected chi connectivity index (χ1v) is 24.3. The third kappa shape index (κ3) is 7.81. The van der Waals surface area contributed by atoms with Gasteiger partial charge in [-0.25, -0.2) is 0 Å². The zero-order valence-electron chi connectivity index (χ0n) is 36.9. The van der Waals surface area contributed by atoms with Gasteiger partial charge in [-0.3, -0.25) is 0 Å². The Balaban J connectivity index is 0.000000587. The third-order valence-electron chi connectivity index (χ3n) is 12.3. The molecule has 2 aliphatic rings. The second-order valence-corrected chi connectivity index (χ2v) is 18.6. The van der Waals surface area contributed by atoms with Crippen molar-refractivity contribution in [2.75, 3.05) is 0 Å². The fourth-order valence-electron chi connectivity index (χ4n) is 9.43. The first-order chi connectivity index (χ1) is 32.7. The van der Waals surface area contributed by atoms with Gasteiger partial charge in [0.2, 0.25) is 0 Å². The number of benzene rings is 7. The van der Waals surface area contributed by atoms with Crippen molar-refractivity contribution in [2.24, 2.45) is 5.92 Å². The maximum Gasteiger partial charge on any atom is 0.0962 e. The number of H-pyrrole nitrogens is 1. The van der Waals surface area contributed by atoms with Crippen molar-refractivity contribution in [1.82, 2.24) is 14.1 Å². The van der Waals surface area contributed by atoms with Crippen molar-refractivity contribution < 1.29 is 0 Å². The molecule has 320 valence electrons. The molecule has 0 aliphatic heterocycles. The summed E-state index contributed by atoms with van der Waals surface area (Å²) in [6, 6.07) is 61.0. The van der Waals surface area contributed by atoms with E-state index in [0.717, 1.165) is 61.7 Å². The van der Waals surface area contributed by atoms with Crippen LogP contribution in [-0.4, -0.2) is 19.4 Å². The van der Waals surface area contributed by atoms with E-state index in [9.17, 15) is 10.5 Å². The van der Waals surface area contributed by atoms with Gasteiger partial charge in [-0.1, -0.05) is 147 Å². The molecule has 0 fully saturated rings. The lowest BCUT2D eigenvalue weighted by Gasteiger charge is -2.19. The molecular formula is C59H47N5S2. The molecule has 7 heteroatoms. The number of allylic oxidation sites excluding steroid dienone is 6. The molecule has 0 saturated heterocycles. The summed E-state index contributed by atoms with van der Waals surface area (Å²) in [6.07, 6.45) is 14.9. The molecule has 0 radical (unpaired) electrons. The maximum atomic E-state index is 9.87. The van der Waals surface area contributed by atoms with Gasteiger partial charge in [0.05, 0.1) is 45.6 Å². The van der Waals surface area contributed by atoms with E-state index in [-0.39, 0.29) is 5.92 Å². The molecule has 0 bridgehead atoms. The monoisotopic (exact) mass is 889 g/mol. The average molecular weight is 890 g/mol. The van der Waals surface area contributed by atoms with Crippen LogP contribution in [0.3, 0.4) is 0 Å².